The van der Waals surface area contributed by atoms with Gasteiger partial charge in [-0.3, -0.25) is 4.79 Å². The maximum atomic E-state index is 12.9. The summed E-state index contributed by atoms with van der Waals surface area (Å²) in [6.07, 6.45) is 4.26. The first-order valence-corrected chi connectivity index (χ1v) is 22.0. The highest BCUT2D eigenvalue weighted by Crippen LogP contribution is 2.65. The van der Waals surface area contributed by atoms with Crippen LogP contribution >= 0.6 is 0 Å². The topological polar surface area (TPSA) is 65.0 Å². The predicted octanol–water partition coefficient (Wildman–Crippen LogP) is 10.1. The summed E-state index contributed by atoms with van der Waals surface area (Å²) >= 11 is 0. The molecule has 1 unspecified atom stereocenters. The van der Waals surface area contributed by atoms with Crippen LogP contribution in [0.4, 0.5) is 0 Å². The fourth-order valence-electron chi connectivity index (χ4n) is 7.50. The Labute approximate surface area is 259 Å². The molecule has 2 saturated carbocycles. The van der Waals surface area contributed by atoms with Crippen LogP contribution in [0.2, 0.25) is 36.3 Å². The number of ether oxygens (including phenoxy) is 1. The molecule has 0 amide bonds. The Bertz CT molecular complexity index is 1140. The van der Waals surface area contributed by atoms with Crippen LogP contribution in [-0.4, -0.2) is 33.3 Å². The van der Waals surface area contributed by atoms with Gasteiger partial charge in [-0.05, 0) is 104 Å². The van der Waals surface area contributed by atoms with Crippen molar-refractivity contribution in [1.82, 2.24) is 0 Å². The van der Waals surface area contributed by atoms with Gasteiger partial charge in [0.25, 0.3) is 0 Å². The van der Waals surface area contributed by atoms with Crippen molar-refractivity contribution in [3.63, 3.8) is 0 Å². The van der Waals surface area contributed by atoms with Gasteiger partial charge in [0.05, 0.1) is 5.60 Å². The van der Waals surface area contributed by atoms with Gasteiger partial charge in [0.15, 0.2) is 0 Å². The molecule has 2 aliphatic rings. The van der Waals surface area contributed by atoms with Gasteiger partial charge in [-0.2, -0.15) is 0 Å². The zero-order valence-electron chi connectivity index (χ0n) is 29.6. The predicted molar refractivity (Wildman–Crippen MR) is 179 cm³/mol. The fourth-order valence-corrected chi connectivity index (χ4v) is 9.57. The van der Waals surface area contributed by atoms with Crippen LogP contribution in [0, 0.1) is 22.7 Å². The van der Waals surface area contributed by atoms with Crippen molar-refractivity contribution in [2.45, 2.75) is 156 Å². The Morgan fingerprint density at radius 2 is 1.45 bits per heavy atom. The van der Waals surface area contributed by atoms with Gasteiger partial charge in [-0.1, -0.05) is 68.7 Å². The maximum absolute atomic E-state index is 12.9. The molecule has 0 saturated heterocycles. The van der Waals surface area contributed by atoms with Crippen LogP contribution in [0.15, 0.2) is 18.2 Å². The number of aliphatic hydroxyl groups is 1. The molecule has 0 aliphatic heterocycles. The standard InChI is InChI=1S/C35H62O5Si2/c1-24(36)38-29(30-34(10)21-16-20-33(8,9)28(34)19-22-35(30,11)37)26-23-25(39-41(12,13)31(2,3)4)17-18-27(26)40-42(14,15)32(5,6)7/h17-18,23,28-30,37H,16,19-22H2,1-15H3/t28-,29?,30+,34-,35+/m0/s1. The van der Waals surface area contributed by atoms with E-state index >= 15 is 0 Å². The van der Waals surface area contributed by atoms with Crippen LogP contribution in [0.3, 0.4) is 0 Å². The maximum Gasteiger partial charge on any atom is 0.303 e. The highest BCUT2D eigenvalue weighted by molar-refractivity contribution is 6.75. The van der Waals surface area contributed by atoms with Crippen LogP contribution in [-0.2, 0) is 9.53 Å². The van der Waals surface area contributed by atoms with Crippen LogP contribution in [0.5, 0.6) is 11.5 Å². The zero-order chi connectivity index (χ0) is 32.3. The number of rotatable bonds is 7. The van der Waals surface area contributed by atoms with E-state index < -0.39 is 28.3 Å². The largest absolute Gasteiger partial charge is 0.543 e. The number of fused-ring (bicyclic) bond motifs is 1. The Hall–Kier alpha value is -1.32. The summed E-state index contributed by atoms with van der Waals surface area (Å²) in [7, 11) is -4.40. The van der Waals surface area contributed by atoms with E-state index in [0.29, 0.717) is 12.3 Å². The van der Waals surface area contributed by atoms with Gasteiger partial charge in [0, 0.05) is 18.4 Å². The summed E-state index contributed by atoms with van der Waals surface area (Å²) in [6.45, 7) is 33.0. The molecular weight excluding hydrogens is 557 g/mol. The molecule has 42 heavy (non-hydrogen) atoms. The summed E-state index contributed by atoms with van der Waals surface area (Å²) in [5.41, 5.74) is -0.255. The minimum absolute atomic E-state index is 0.0156. The number of hydrogen-bond acceptors (Lipinski definition) is 5. The second-order valence-corrected chi connectivity index (χ2v) is 27.2. The van der Waals surface area contributed by atoms with Crippen molar-refractivity contribution in [2.24, 2.45) is 22.7 Å². The van der Waals surface area contributed by atoms with E-state index in [1.165, 1.54) is 13.3 Å². The molecule has 1 N–H and O–H groups in total. The van der Waals surface area contributed by atoms with Crippen LogP contribution in [0.1, 0.15) is 120 Å². The van der Waals surface area contributed by atoms with E-state index in [4.69, 9.17) is 13.6 Å². The lowest BCUT2D eigenvalue weighted by Gasteiger charge is -2.62. The first-order valence-electron chi connectivity index (χ1n) is 16.2. The molecule has 2 aliphatic carbocycles. The number of carbonyl (C=O) groups is 1. The third-order valence-corrected chi connectivity index (χ3v) is 20.5. The lowest BCUT2D eigenvalue weighted by molar-refractivity contribution is -0.211. The highest BCUT2D eigenvalue weighted by atomic mass is 28.4. The molecular formula is C35H62O5Si2. The second kappa shape index (κ2) is 11.2. The average molecular weight is 619 g/mol. The summed E-state index contributed by atoms with van der Waals surface area (Å²) in [5, 5.41) is 12.2. The normalized spacial score (nSPS) is 29.3. The van der Waals surface area contributed by atoms with Gasteiger partial charge in [-0.15, -0.1) is 0 Å². The third-order valence-electron chi connectivity index (χ3n) is 11.8. The van der Waals surface area contributed by atoms with E-state index in [1.807, 2.05) is 19.1 Å². The molecule has 7 heteroatoms. The lowest BCUT2D eigenvalue weighted by atomic mass is 9.44. The van der Waals surface area contributed by atoms with Crippen LogP contribution in [0.25, 0.3) is 0 Å². The molecule has 0 bridgehead atoms. The van der Waals surface area contributed by atoms with Crippen molar-refractivity contribution >= 4 is 22.6 Å². The summed E-state index contributed by atoms with van der Waals surface area (Å²) in [4.78, 5) is 12.9. The summed E-state index contributed by atoms with van der Waals surface area (Å²) in [5.74, 6) is 1.30. The molecule has 2 fully saturated rings. The summed E-state index contributed by atoms with van der Waals surface area (Å²) < 4.78 is 20.2. The Morgan fingerprint density at radius 3 is 1.98 bits per heavy atom. The molecule has 0 radical (unpaired) electrons. The Balaban J connectivity index is 2.30. The zero-order valence-corrected chi connectivity index (χ0v) is 31.6. The first kappa shape index (κ1) is 35.2. The Kier molecular flexibility index (Phi) is 9.41. The molecule has 1 aromatic rings. The molecule has 0 heterocycles. The van der Waals surface area contributed by atoms with Gasteiger partial charge in [0.1, 0.15) is 17.6 Å². The molecule has 3 rings (SSSR count). The van der Waals surface area contributed by atoms with Crippen molar-refractivity contribution in [2.75, 3.05) is 0 Å². The smallest absolute Gasteiger partial charge is 0.303 e. The third kappa shape index (κ3) is 6.83. The van der Waals surface area contributed by atoms with E-state index in [1.54, 1.807) is 0 Å². The van der Waals surface area contributed by atoms with Crippen molar-refractivity contribution < 1.29 is 23.5 Å². The van der Waals surface area contributed by atoms with Crippen molar-refractivity contribution in [3.8, 4) is 11.5 Å². The molecule has 5 atom stereocenters. The lowest BCUT2D eigenvalue weighted by Crippen LogP contribution is -2.59. The first-order chi connectivity index (χ1) is 18.8. The fraction of sp³-hybridized carbons (Fsp3) is 0.800. The van der Waals surface area contributed by atoms with E-state index in [9.17, 15) is 9.90 Å². The molecule has 1 aromatic carbocycles. The van der Waals surface area contributed by atoms with Gasteiger partial charge >= 0.3 is 5.97 Å². The van der Waals surface area contributed by atoms with Gasteiger partial charge in [-0.25, -0.2) is 0 Å². The van der Waals surface area contributed by atoms with E-state index in [-0.39, 0.29) is 32.8 Å². The number of benzene rings is 1. The van der Waals surface area contributed by atoms with E-state index in [0.717, 1.165) is 36.3 Å². The minimum atomic E-state index is -2.25. The quantitative estimate of drug-likeness (QED) is 0.243. The molecule has 240 valence electrons. The highest BCUT2D eigenvalue weighted by Gasteiger charge is 2.61. The average Bonchev–Trinajstić information content (AvgIpc) is 2.76. The van der Waals surface area contributed by atoms with E-state index in [2.05, 4.69) is 94.6 Å². The number of carbonyl (C=O) groups excluding carboxylic acids is 1. The summed E-state index contributed by atoms with van der Waals surface area (Å²) in [6, 6.07) is 6.11. The monoisotopic (exact) mass is 618 g/mol. The molecule has 0 aromatic heterocycles. The molecule has 0 spiro atoms. The molecule has 5 nitrogen and oxygen atoms in total. The second-order valence-electron chi connectivity index (χ2n) is 17.7. The van der Waals surface area contributed by atoms with Crippen molar-refractivity contribution in [3.05, 3.63) is 23.8 Å². The Morgan fingerprint density at radius 1 is 0.905 bits per heavy atom. The van der Waals surface area contributed by atoms with Crippen molar-refractivity contribution in [1.29, 1.82) is 0 Å². The minimum Gasteiger partial charge on any atom is -0.543 e. The van der Waals surface area contributed by atoms with Gasteiger partial charge < -0.3 is 18.7 Å². The number of hydrogen-bond donors (Lipinski definition) is 1. The van der Waals surface area contributed by atoms with Gasteiger partial charge in [0.2, 0.25) is 16.6 Å². The van der Waals surface area contributed by atoms with Crippen LogP contribution < -0.4 is 8.85 Å². The number of esters is 1. The SMILES string of the molecule is CC(=O)OC(c1cc(O[Si](C)(C)C(C)(C)C)ccc1O[Si](C)(C)C(C)(C)C)[C@@H]1[C@@]2(C)CCCC(C)(C)[C@@H]2CC[C@@]1(C)O.